The van der Waals surface area contributed by atoms with Crippen molar-refractivity contribution in [3.05, 3.63) is 39.5 Å². The maximum absolute atomic E-state index is 4.28. The third-order valence-electron chi connectivity index (χ3n) is 2.51. The third kappa shape index (κ3) is 2.37. The van der Waals surface area contributed by atoms with Gasteiger partial charge in [-0.2, -0.15) is 0 Å². The van der Waals surface area contributed by atoms with Crippen LogP contribution in [0.1, 0.15) is 4.88 Å². The van der Waals surface area contributed by atoms with Crippen molar-refractivity contribution < 1.29 is 0 Å². The molecule has 0 atom stereocenters. The lowest BCUT2D eigenvalue weighted by Crippen LogP contribution is -2.07. The molecule has 0 aliphatic carbocycles. The molecule has 0 fully saturated rings. The lowest BCUT2D eigenvalue weighted by atomic mass is 10.3. The summed E-state index contributed by atoms with van der Waals surface area (Å²) < 4.78 is 3.01. The molecule has 0 aromatic carbocycles. The number of anilines is 1. The summed E-state index contributed by atoms with van der Waals surface area (Å²) in [5, 5.41) is 11.2. The van der Waals surface area contributed by atoms with Gasteiger partial charge in [0.1, 0.15) is 6.33 Å². The standard InChI is InChI=1S/C11H10BrN5S/c12-9-2-1-8(18-9)3-4-13-10-11-16-15-7-17(11)6-5-14-10/h1-2,5-7H,3-4H2,(H,13,14). The van der Waals surface area contributed by atoms with Gasteiger partial charge < -0.3 is 5.32 Å². The summed E-state index contributed by atoms with van der Waals surface area (Å²) >= 11 is 5.21. The van der Waals surface area contributed by atoms with E-state index in [9.17, 15) is 0 Å². The van der Waals surface area contributed by atoms with Crippen molar-refractivity contribution in [2.24, 2.45) is 0 Å². The molecule has 3 aromatic heterocycles. The fourth-order valence-electron chi connectivity index (χ4n) is 1.67. The number of rotatable bonds is 4. The predicted octanol–water partition coefficient (Wildman–Crippen LogP) is 2.60. The Morgan fingerprint density at radius 2 is 2.33 bits per heavy atom. The van der Waals surface area contributed by atoms with Crippen LogP contribution in [0.2, 0.25) is 0 Å². The molecular formula is C11H10BrN5S. The molecule has 5 nitrogen and oxygen atoms in total. The van der Waals surface area contributed by atoms with Gasteiger partial charge in [0.15, 0.2) is 5.82 Å². The average molecular weight is 324 g/mol. The molecule has 7 heteroatoms. The zero-order valence-corrected chi connectivity index (χ0v) is 11.8. The molecule has 3 aromatic rings. The summed E-state index contributed by atoms with van der Waals surface area (Å²) in [5.41, 5.74) is 0.755. The highest BCUT2D eigenvalue weighted by molar-refractivity contribution is 9.11. The van der Waals surface area contributed by atoms with E-state index in [1.807, 2.05) is 10.6 Å². The highest BCUT2D eigenvalue weighted by Crippen LogP contribution is 2.22. The normalized spacial score (nSPS) is 10.9. The molecule has 0 radical (unpaired) electrons. The quantitative estimate of drug-likeness (QED) is 0.801. The van der Waals surface area contributed by atoms with E-state index in [0.29, 0.717) is 0 Å². The number of hydrogen-bond donors (Lipinski definition) is 1. The average Bonchev–Trinajstić information content (AvgIpc) is 2.98. The van der Waals surface area contributed by atoms with Crippen molar-refractivity contribution in [2.75, 3.05) is 11.9 Å². The van der Waals surface area contributed by atoms with E-state index in [0.717, 1.165) is 28.2 Å². The first-order valence-corrected chi connectivity index (χ1v) is 7.06. The number of nitrogens with zero attached hydrogens (tertiary/aromatic N) is 4. The number of hydrogen-bond acceptors (Lipinski definition) is 5. The predicted molar refractivity (Wildman–Crippen MR) is 75.0 cm³/mol. The second-order valence-corrected chi connectivity index (χ2v) is 6.27. The van der Waals surface area contributed by atoms with Crippen LogP contribution in [0.4, 0.5) is 5.82 Å². The van der Waals surface area contributed by atoms with E-state index in [1.165, 1.54) is 4.88 Å². The molecule has 92 valence electrons. The fourth-order valence-corrected chi connectivity index (χ4v) is 3.16. The zero-order chi connectivity index (χ0) is 12.4. The molecule has 0 bridgehead atoms. The molecule has 3 heterocycles. The van der Waals surface area contributed by atoms with Crippen molar-refractivity contribution in [1.29, 1.82) is 0 Å². The maximum Gasteiger partial charge on any atom is 0.203 e. The van der Waals surface area contributed by atoms with Crippen molar-refractivity contribution in [3.63, 3.8) is 0 Å². The molecule has 0 aliphatic heterocycles. The summed E-state index contributed by atoms with van der Waals surface area (Å²) in [6.07, 6.45) is 6.20. The Bertz CT molecular complexity index is 662. The summed E-state index contributed by atoms with van der Waals surface area (Å²) in [6.45, 7) is 0.826. The molecule has 0 aliphatic rings. The van der Waals surface area contributed by atoms with Crippen molar-refractivity contribution in [1.82, 2.24) is 19.6 Å². The Labute approximate surface area is 116 Å². The molecular weight excluding hydrogens is 314 g/mol. The first-order chi connectivity index (χ1) is 8.83. The minimum atomic E-state index is 0.755. The second-order valence-electron chi connectivity index (χ2n) is 3.72. The van der Waals surface area contributed by atoms with Gasteiger partial charge in [0.05, 0.1) is 3.79 Å². The van der Waals surface area contributed by atoms with Gasteiger partial charge in [0.2, 0.25) is 5.65 Å². The first kappa shape index (κ1) is 11.6. The van der Waals surface area contributed by atoms with Crippen molar-refractivity contribution in [3.8, 4) is 0 Å². The Hall–Kier alpha value is -1.47. The Kier molecular flexibility index (Phi) is 3.24. The van der Waals surface area contributed by atoms with E-state index >= 15 is 0 Å². The monoisotopic (exact) mass is 323 g/mol. The number of thiophene rings is 1. The first-order valence-electron chi connectivity index (χ1n) is 5.45. The number of aromatic nitrogens is 4. The van der Waals surface area contributed by atoms with Gasteiger partial charge in [0.25, 0.3) is 0 Å². The summed E-state index contributed by atoms with van der Waals surface area (Å²) in [4.78, 5) is 5.61. The maximum atomic E-state index is 4.28. The van der Waals surface area contributed by atoms with Crippen molar-refractivity contribution in [2.45, 2.75) is 6.42 Å². The summed E-state index contributed by atoms with van der Waals surface area (Å²) in [6, 6.07) is 4.19. The molecule has 3 rings (SSSR count). The number of nitrogens with one attached hydrogen (secondary N) is 1. The molecule has 1 N–H and O–H groups in total. The Morgan fingerprint density at radius 1 is 1.39 bits per heavy atom. The Morgan fingerprint density at radius 3 is 3.17 bits per heavy atom. The largest absolute Gasteiger partial charge is 0.367 e. The minimum Gasteiger partial charge on any atom is -0.367 e. The van der Waals surface area contributed by atoms with Crippen molar-refractivity contribution >= 4 is 38.7 Å². The van der Waals surface area contributed by atoms with E-state index in [1.54, 1.807) is 23.9 Å². The van der Waals surface area contributed by atoms with Crippen LogP contribution in [0, 0.1) is 0 Å². The molecule has 0 amide bonds. The van der Waals surface area contributed by atoms with Crippen LogP contribution in [0.3, 0.4) is 0 Å². The van der Waals surface area contributed by atoms with Gasteiger partial charge >= 0.3 is 0 Å². The third-order valence-corrected chi connectivity index (χ3v) is 4.19. The van der Waals surface area contributed by atoms with Gasteiger partial charge in [-0.1, -0.05) is 0 Å². The topological polar surface area (TPSA) is 55.1 Å². The molecule has 0 unspecified atom stereocenters. The highest BCUT2D eigenvalue weighted by atomic mass is 79.9. The van der Waals surface area contributed by atoms with Crippen LogP contribution in [-0.4, -0.2) is 26.1 Å². The molecule has 0 spiro atoms. The minimum absolute atomic E-state index is 0.755. The summed E-state index contributed by atoms with van der Waals surface area (Å²) in [5.74, 6) is 0.769. The van der Waals surface area contributed by atoms with Gasteiger partial charge in [-0.25, -0.2) is 4.98 Å². The fraction of sp³-hybridized carbons (Fsp3) is 0.182. The molecule has 0 saturated carbocycles. The lowest BCUT2D eigenvalue weighted by molar-refractivity contribution is 1.02. The smallest absolute Gasteiger partial charge is 0.203 e. The van der Waals surface area contributed by atoms with Crippen LogP contribution in [0.25, 0.3) is 5.65 Å². The van der Waals surface area contributed by atoms with Crippen LogP contribution in [-0.2, 0) is 6.42 Å². The van der Waals surface area contributed by atoms with Gasteiger partial charge in [0, 0.05) is 23.8 Å². The summed E-state index contributed by atoms with van der Waals surface area (Å²) in [7, 11) is 0. The van der Waals surface area contributed by atoms with Gasteiger partial charge in [-0.15, -0.1) is 21.5 Å². The molecule has 18 heavy (non-hydrogen) atoms. The molecule has 0 saturated heterocycles. The SMILES string of the molecule is Brc1ccc(CCNc2nccn3cnnc23)s1. The zero-order valence-electron chi connectivity index (χ0n) is 9.38. The van der Waals surface area contributed by atoms with Gasteiger partial charge in [-0.3, -0.25) is 4.40 Å². The van der Waals surface area contributed by atoms with E-state index in [4.69, 9.17) is 0 Å². The van der Waals surface area contributed by atoms with E-state index in [-0.39, 0.29) is 0 Å². The second kappa shape index (κ2) is 5.03. The van der Waals surface area contributed by atoms with Crippen LogP contribution >= 0.6 is 27.3 Å². The number of fused-ring (bicyclic) bond motifs is 1. The number of halogens is 1. The highest BCUT2D eigenvalue weighted by Gasteiger charge is 2.04. The Balaban J connectivity index is 1.68. The van der Waals surface area contributed by atoms with E-state index in [2.05, 4.69) is 48.6 Å². The van der Waals surface area contributed by atoms with Crippen LogP contribution < -0.4 is 5.32 Å². The van der Waals surface area contributed by atoms with Gasteiger partial charge in [-0.05, 0) is 34.5 Å². The van der Waals surface area contributed by atoms with Crippen LogP contribution in [0.15, 0.2) is 34.6 Å². The van der Waals surface area contributed by atoms with E-state index < -0.39 is 0 Å². The van der Waals surface area contributed by atoms with Crippen LogP contribution in [0.5, 0.6) is 0 Å². The lowest BCUT2D eigenvalue weighted by Gasteiger charge is -2.04.